The van der Waals surface area contributed by atoms with Gasteiger partial charge in [-0.15, -0.1) is 0 Å². The number of hydrogen-bond acceptors (Lipinski definition) is 3. The molecule has 0 fully saturated rings. The van der Waals surface area contributed by atoms with Gasteiger partial charge in [0.1, 0.15) is 0 Å². The molecular formula is C12H12O4S. The molecule has 1 N–H and O–H groups in total. The third-order valence-corrected chi connectivity index (χ3v) is 4.32. The van der Waals surface area contributed by atoms with E-state index < -0.39 is 21.1 Å². The van der Waals surface area contributed by atoms with Crippen LogP contribution in [0.5, 0.6) is 0 Å². The topological polar surface area (TPSA) is 71.4 Å². The maximum Gasteiger partial charge on any atom is 0.331 e. The van der Waals surface area contributed by atoms with Crippen LogP contribution in [0.3, 0.4) is 0 Å². The minimum absolute atomic E-state index is 0.0329. The highest BCUT2D eigenvalue weighted by Crippen LogP contribution is 2.36. The van der Waals surface area contributed by atoms with Gasteiger partial charge in [0.25, 0.3) is 0 Å². The molecule has 1 aliphatic carbocycles. The fourth-order valence-corrected chi connectivity index (χ4v) is 3.18. The molecule has 0 amide bonds. The van der Waals surface area contributed by atoms with Crippen molar-refractivity contribution in [3.8, 4) is 0 Å². The summed E-state index contributed by atoms with van der Waals surface area (Å²) in [6.45, 7) is 0. The van der Waals surface area contributed by atoms with E-state index in [9.17, 15) is 13.2 Å². The lowest BCUT2D eigenvalue weighted by atomic mass is 9.92. The summed E-state index contributed by atoms with van der Waals surface area (Å²) in [5, 5.41) is 8.23. The Bertz CT molecular complexity index is 599. The quantitative estimate of drug-likeness (QED) is 0.868. The van der Waals surface area contributed by atoms with Gasteiger partial charge in [-0.1, -0.05) is 24.3 Å². The third-order valence-electron chi connectivity index (χ3n) is 2.87. The van der Waals surface area contributed by atoms with Gasteiger partial charge in [0.15, 0.2) is 9.84 Å². The van der Waals surface area contributed by atoms with E-state index in [-0.39, 0.29) is 12.0 Å². The Kier molecular flexibility index (Phi) is 2.79. The van der Waals surface area contributed by atoms with Gasteiger partial charge in [0.2, 0.25) is 0 Å². The van der Waals surface area contributed by atoms with Crippen LogP contribution in [0.2, 0.25) is 0 Å². The smallest absolute Gasteiger partial charge is 0.331 e. The van der Waals surface area contributed by atoms with E-state index >= 15 is 0 Å². The second-order valence-electron chi connectivity index (χ2n) is 4.13. The van der Waals surface area contributed by atoms with E-state index in [1.165, 1.54) is 0 Å². The highest BCUT2D eigenvalue weighted by atomic mass is 32.2. The summed E-state index contributed by atoms with van der Waals surface area (Å²) < 4.78 is 23.4. The van der Waals surface area contributed by atoms with E-state index in [4.69, 9.17) is 5.11 Å². The number of carboxylic acid groups (broad SMARTS) is 1. The van der Waals surface area contributed by atoms with Crippen molar-refractivity contribution in [2.45, 2.75) is 11.7 Å². The van der Waals surface area contributed by atoms with E-state index in [1.807, 2.05) is 0 Å². The zero-order valence-corrected chi connectivity index (χ0v) is 10.1. The van der Waals surface area contributed by atoms with Crippen molar-refractivity contribution in [3.63, 3.8) is 0 Å². The van der Waals surface area contributed by atoms with Crippen molar-refractivity contribution in [1.29, 1.82) is 0 Å². The Balaban J connectivity index is 2.61. The van der Waals surface area contributed by atoms with E-state index in [0.29, 0.717) is 11.1 Å². The Hall–Kier alpha value is -1.62. The predicted octanol–water partition coefficient (Wildman–Crippen LogP) is 1.64. The molecule has 0 aromatic heterocycles. The Morgan fingerprint density at radius 3 is 2.59 bits per heavy atom. The standard InChI is InChI=1S/C12H12O4S/c1-17(15,16)11-7-9(12(13)14)6-8-4-2-3-5-10(8)11/h2-6,11H,7H2,1H3,(H,13,14). The molecule has 17 heavy (non-hydrogen) atoms. The molecule has 0 spiro atoms. The first-order valence-corrected chi connectivity index (χ1v) is 7.06. The molecule has 1 unspecified atom stereocenters. The summed E-state index contributed by atoms with van der Waals surface area (Å²) in [5.74, 6) is -1.06. The molecule has 0 saturated carbocycles. The molecule has 1 aliphatic rings. The van der Waals surface area contributed by atoms with Crippen LogP contribution in [-0.2, 0) is 14.6 Å². The van der Waals surface area contributed by atoms with Gasteiger partial charge in [-0.3, -0.25) is 0 Å². The first-order valence-electron chi connectivity index (χ1n) is 5.11. The van der Waals surface area contributed by atoms with Crippen LogP contribution < -0.4 is 0 Å². The van der Waals surface area contributed by atoms with Gasteiger partial charge < -0.3 is 5.11 Å². The molecule has 90 valence electrons. The van der Waals surface area contributed by atoms with Gasteiger partial charge in [-0.2, -0.15) is 0 Å². The van der Waals surface area contributed by atoms with Crippen LogP contribution >= 0.6 is 0 Å². The van der Waals surface area contributed by atoms with Gasteiger partial charge in [-0.25, -0.2) is 13.2 Å². The zero-order chi connectivity index (χ0) is 12.6. The van der Waals surface area contributed by atoms with Crippen molar-refractivity contribution in [2.24, 2.45) is 0 Å². The van der Waals surface area contributed by atoms with Crippen LogP contribution in [0, 0.1) is 0 Å². The molecule has 0 aliphatic heterocycles. The highest BCUT2D eigenvalue weighted by Gasteiger charge is 2.31. The highest BCUT2D eigenvalue weighted by molar-refractivity contribution is 7.90. The lowest BCUT2D eigenvalue weighted by molar-refractivity contribution is -0.132. The van der Waals surface area contributed by atoms with Gasteiger partial charge in [-0.05, 0) is 17.2 Å². The van der Waals surface area contributed by atoms with Crippen molar-refractivity contribution < 1.29 is 18.3 Å². The summed E-state index contributed by atoms with van der Waals surface area (Å²) in [5.41, 5.74) is 1.49. The Morgan fingerprint density at radius 1 is 1.35 bits per heavy atom. The monoisotopic (exact) mass is 252 g/mol. The molecule has 1 atom stereocenters. The summed E-state index contributed by atoms with van der Waals surface area (Å²) in [6, 6.07) is 6.99. The van der Waals surface area contributed by atoms with Gasteiger partial charge >= 0.3 is 5.97 Å². The van der Waals surface area contributed by atoms with Crippen LogP contribution in [0.15, 0.2) is 29.8 Å². The summed E-state index contributed by atoms with van der Waals surface area (Å²) in [7, 11) is -3.31. The molecule has 4 nitrogen and oxygen atoms in total. The fourth-order valence-electron chi connectivity index (χ4n) is 2.02. The van der Waals surface area contributed by atoms with Crippen LogP contribution in [-0.4, -0.2) is 25.7 Å². The predicted molar refractivity (Wildman–Crippen MR) is 64.3 cm³/mol. The molecule has 0 heterocycles. The SMILES string of the molecule is CS(=O)(=O)C1CC(C(=O)O)=Cc2ccccc21. The van der Waals surface area contributed by atoms with Crippen LogP contribution in [0.4, 0.5) is 0 Å². The number of fused-ring (bicyclic) bond motifs is 1. The summed E-state index contributed by atoms with van der Waals surface area (Å²) in [4.78, 5) is 11.0. The zero-order valence-electron chi connectivity index (χ0n) is 9.25. The van der Waals surface area contributed by atoms with Crippen molar-refractivity contribution in [1.82, 2.24) is 0 Å². The number of sulfone groups is 1. The lowest BCUT2D eigenvalue weighted by Gasteiger charge is -2.22. The van der Waals surface area contributed by atoms with Gasteiger partial charge in [0.05, 0.1) is 5.25 Å². The number of carbonyl (C=O) groups is 1. The van der Waals surface area contributed by atoms with Gasteiger partial charge in [0, 0.05) is 18.2 Å². The minimum atomic E-state index is -3.31. The maximum atomic E-state index is 11.7. The van der Waals surface area contributed by atoms with Crippen molar-refractivity contribution in [2.75, 3.05) is 6.26 Å². The molecule has 1 aromatic rings. The normalized spacial score (nSPS) is 19.4. The molecule has 5 heteroatoms. The molecular weight excluding hydrogens is 240 g/mol. The number of aliphatic carboxylic acids is 1. The lowest BCUT2D eigenvalue weighted by Crippen LogP contribution is -2.19. The van der Waals surface area contributed by atoms with Crippen molar-refractivity contribution in [3.05, 3.63) is 41.0 Å². The summed E-state index contributed by atoms with van der Waals surface area (Å²) >= 11 is 0. The number of hydrogen-bond donors (Lipinski definition) is 1. The second-order valence-corrected chi connectivity index (χ2v) is 6.35. The average Bonchev–Trinajstić information content (AvgIpc) is 2.26. The van der Waals surface area contributed by atoms with E-state index in [0.717, 1.165) is 6.26 Å². The molecule has 0 bridgehead atoms. The van der Waals surface area contributed by atoms with Crippen LogP contribution in [0.25, 0.3) is 6.08 Å². The Morgan fingerprint density at radius 2 is 2.00 bits per heavy atom. The third kappa shape index (κ3) is 2.24. The fraction of sp³-hybridized carbons (Fsp3) is 0.250. The van der Waals surface area contributed by atoms with E-state index in [1.54, 1.807) is 30.3 Å². The molecule has 0 radical (unpaired) electrons. The molecule has 2 rings (SSSR count). The number of rotatable bonds is 2. The second kappa shape index (κ2) is 4.00. The van der Waals surface area contributed by atoms with Crippen LogP contribution in [0.1, 0.15) is 22.8 Å². The first kappa shape index (κ1) is 11.9. The maximum absolute atomic E-state index is 11.7. The largest absolute Gasteiger partial charge is 0.478 e. The minimum Gasteiger partial charge on any atom is -0.478 e. The average molecular weight is 252 g/mol. The summed E-state index contributed by atoms with van der Waals surface area (Å²) in [6.07, 6.45) is 2.71. The molecule has 1 aromatic carbocycles. The number of benzene rings is 1. The van der Waals surface area contributed by atoms with E-state index in [2.05, 4.69) is 0 Å². The first-order chi connectivity index (χ1) is 7.89. The molecule has 0 saturated heterocycles. The Labute approximate surface area is 99.5 Å². The van der Waals surface area contributed by atoms with Crippen molar-refractivity contribution >= 4 is 21.9 Å². The number of carboxylic acids is 1.